The van der Waals surface area contributed by atoms with E-state index in [-0.39, 0.29) is 0 Å². The molecule has 54 valence electrons. The van der Waals surface area contributed by atoms with Crippen molar-refractivity contribution in [2.24, 2.45) is 5.18 Å². The fourth-order valence-corrected chi connectivity index (χ4v) is 1.09. The molecule has 0 fully saturated rings. The Balaban J connectivity index is 2.66. The van der Waals surface area contributed by atoms with E-state index in [0.29, 0.717) is 6.54 Å². The third kappa shape index (κ3) is 7.95. The first-order valence-corrected chi connectivity index (χ1v) is 4.59. The van der Waals surface area contributed by atoms with Crippen LogP contribution in [0.2, 0.25) is 0 Å². The lowest BCUT2D eigenvalue weighted by molar-refractivity contribution is 0.731. The molecule has 0 aliphatic rings. The summed E-state index contributed by atoms with van der Waals surface area (Å²) >= 11 is 1.85. The van der Waals surface area contributed by atoms with Crippen LogP contribution in [0.25, 0.3) is 0 Å². The van der Waals surface area contributed by atoms with Crippen LogP contribution in [0.4, 0.5) is 0 Å². The average Bonchev–Trinajstić information content (AvgIpc) is 1.89. The second-order valence-electron chi connectivity index (χ2n) is 1.91. The van der Waals surface area contributed by atoms with Gasteiger partial charge in [0.15, 0.2) is 0 Å². The van der Waals surface area contributed by atoms with Gasteiger partial charge < -0.3 is 0 Å². The summed E-state index contributed by atoms with van der Waals surface area (Å²) in [5, 5.41) is 2.78. The molecule has 0 unspecified atom stereocenters. The predicted molar refractivity (Wildman–Crippen MR) is 42.9 cm³/mol. The van der Waals surface area contributed by atoms with E-state index >= 15 is 0 Å². The third-order valence-corrected chi connectivity index (χ3v) is 1.79. The second-order valence-corrected chi connectivity index (χ2v) is 2.89. The van der Waals surface area contributed by atoms with Crippen molar-refractivity contribution in [3.05, 3.63) is 4.91 Å². The van der Waals surface area contributed by atoms with Crippen LogP contribution in [0.15, 0.2) is 5.18 Å². The van der Waals surface area contributed by atoms with Crippen molar-refractivity contribution in [2.75, 3.05) is 18.6 Å². The SMILES string of the molecule is CSCCCCCN=O. The minimum Gasteiger partial charge on any atom is -0.165 e. The minimum absolute atomic E-state index is 0.494. The normalized spacial score (nSPS) is 9.44. The Kier molecular flexibility index (Phi) is 7.91. The maximum Gasteiger partial charge on any atom is 0.0811 e. The molecule has 2 nitrogen and oxygen atoms in total. The topological polar surface area (TPSA) is 29.4 Å². The van der Waals surface area contributed by atoms with Crippen molar-refractivity contribution in [1.29, 1.82) is 0 Å². The van der Waals surface area contributed by atoms with Gasteiger partial charge in [0.1, 0.15) is 0 Å². The van der Waals surface area contributed by atoms with Gasteiger partial charge in [-0.25, -0.2) is 0 Å². The van der Waals surface area contributed by atoms with E-state index in [4.69, 9.17) is 0 Å². The van der Waals surface area contributed by atoms with Crippen LogP contribution in [0.1, 0.15) is 19.3 Å². The Hall–Kier alpha value is -0.0500. The third-order valence-electron chi connectivity index (χ3n) is 1.10. The highest BCUT2D eigenvalue weighted by molar-refractivity contribution is 7.98. The molecule has 0 aliphatic carbocycles. The average molecular weight is 147 g/mol. The Morgan fingerprint density at radius 3 is 2.67 bits per heavy atom. The van der Waals surface area contributed by atoms with Gasteiger partial charge >= 0.3 is 0 Å². The van der Waals surface area contributed by atoms with E-state index in [0.717, 1.165) is 12.8 Å². The predicted octanol–water partition coefficient (Wildman–Crippen LogP) is 2.29. The molecule has 0 aliphatic heterocycles. The van der Waals surface area contributed by atoms with Gasteiger partial charge in [0.25, 0.3) is 0 Å². The lowest BCUT2D eigenvalue weighted by atomic mass is 10.2. The summed E-state index contributed by atoms with van der Waals surface area (Å²) in [6, 6.07) is 0. The summed E-state index contributed by atoms with van der Waals surface area (Å²) in [7, 11) is 0. The van der Waals surface area contributed by atoms with E-state index in [9.17, 15) is 4.91 Å². The summed E-state index contributed by atoms with van der Waals surface area (Å²) in [5.74, 6) is 1.21. The first-order valence-electron chi connectivity index (χ1n) is 3.20. The zero-order valence-electron chi connectivity index (χ0n) is 5.80. The van der Waals surface area contributed by atoms with Crippen LogP contribution in [-0.2, 0) is 0 Å². The highest BCUT2D eigenvalue weighted by atomic mass is 32.2. The lowest BCUT2D eigenvalue weighted by Gasteiger charge is -1.93. The van der Waals surface area contributed by atoms with E-state index in [1.165, 1.54) is 12.2 Å². The molecule has 3 heteroatoms. The molecule has 0 aromatic rings. The van der Waals surface area contributed by atoms with Gasteiger partial charge in [0, 0.05) is 0 Å². The Morgan fingerprint density at radius 2 is 2.11 bits per heavy atom. The lowest BCUT2D eigenvalue weighted by Crippen LogP contribution is -1.82. The summed E-state index contributed by atoms with van der Waals surface area (Å²) in [5.41, 5.74) is 0. The zero-order valence-corrected chi connectivity index (χ0v) is 6.62. The van der Waals surface area contributed by atoms with E-state index in [2.05, 4.69) is 11.4 Å². The highest BCUT2D eigenvalue weighted by Gasteiger charge is 1.86. The molecule has 0 heterocycles. The fourth-order valence-electron chi connectivity index (χ4n) is 0.600. The summed E-state index contributed by atoms with van der Waals surface area (Å²) < 4.78 is 0. The first kappa shape index (κ1) is 8.95. The number of rotatable bonds is 6. The van der Waals surface area contributed by atoms with Crippen molar-refractivity contribution in [2.45, 2.75) is 19.3 Å². The molecule has 0 spiro atoms. The van der Waals surface area contributed by atoms with E-state index in [1.54, 1.807) is 0 Å². The Labute approximate surface area is 60.4 Å². The summed E-state index contributed by atoms with van der Waals surface area (Å²) in [4.78, 5) is 9.58. The van der Waals surface area contributed by atoms with E-state index in [1.807, 2.05) is 11.8 Å². The Bertz CT molecular complexity index is 68.1. The molecule has 0 amide bonds. The molecule has 0 saturated heterocycles. The van der Waals surface area contributed by atoms with Crippen molar-refractivity contribution in [1.82, 2.24) is 0 Å². The second kappa shape index (κ2) is 7.95. The number of thioether (sulfide) groups is 1. The monoisotopic (exact) mass is 147 g/mol. The molecular formula is C6H13NOS. The Morgan fingerprint density at radius 1 is 1.33 bits per heavy atom. The molecule has 0 aromatic heterocycles. The first-order chi connectivity index (χ1) is 4.41. The number of unbranched alkanes of at least 4 members (excludes halogenated alkanes) is 2. The molecule has 0 bridgehead atoms. The van der Waals surface area contributed by atoms with Gasteiger partial charge in [-0.15, -0.1) is 0 Å². The zero-order chi connectivity index (χ0) is 6.95. The minimum atomic E-state index is 0.494. The van der Waals surface area contributed by atoms with E-state index < -0.39 is 0 Å². The van der Waals surface area contributed by atoms with Crippen LogP contribution in [0.3, 0.4) is 0 Å². The van der Waals surface area contributed by atoms with Gasteiger partial charge in [0.05, 0.1) is 6.54 Å². The van der Waals surface area contributed by atoms with Crippen molar-refractivity contribution in [3.63, 3.8) is 0 Å². The number of hydrogen-bond donors (Lipinski definition) is 0. The molecule has 0 N–H and O–H groups in total. The van der Waals surface area contributed by atoms with Crippen LogP contribution in [0.5, 0.6) is 0 Å². The standard InChI is InChI=1S/C6H13NOS/c1-9-6-4-2-3-5-7-8/h2-6H2,1H3. The number of nitrogens with zero attached hydrogens (tertiary/aromatic N) is 1. The van der Waals surface area contributed by atoms with Crippen LogP contribution in [0, 0.1) is 4.91 Å². The maximum atomic E-state index is 9.58. The molecule has 0 saturated carbocycles. The molecule has 0 atom stereocenters. The summed E-state index contributed by atoms with van der Waals surface area (Å²) in [6.07, 6.45) is 5.42. The van der Waals surface area contributed by atoms with Gasteiger partial charge in [-0.2, -0.15) is 16.7 Å². The van der Waals surface area contributed by atoms with Gasteiger partial charge in [-0.05, 0) is 24.9 Å². The molecular weight excluding hydrogens is 134 g/mol. The van der Waals surface area contributed by atoms with Gasteiger partial charge in [0.2, 0.25) is 0 Å². The van der Waals surface area contributed by atoms with Crippen molar-refractivity contribution < 1.29 is 0 Å². The summed E-state index contributed by atoms with van der Waals surface area (Å²) in [6.45, 7) is 0.494. The number of nitroso groups, excluding NO2 is 1. The molecule has 0 radical (unpaired) electrons. The number of hydrogen-bond acceptors (Lipinski definition) is 3. The largest absolute Gasteiger partial charge is 0.165 e. The fraction of sp³-hybridized carbons (Fsp3) is 1.00. The maximum absolute atomic E-state index is 9.58. The van der Waals surface area contributed by atoms with Crippen molar-refractivity contribution in [3.8, 4) is 0 Å². The molecule has 9 heavy (non-hydrogen) atoms. The van der Waals surface area contributed by atoms with Crippen LogP contribution < -0.4 is 0 Å². The van der Waals surface area contributed by atoms with Gasteiger partial charge in [-0.3, -0.25) is 0 Å². The molecule has 0 rings (SSSR count). The van der Waals surface area contributed by atoms with Crippen LogP contribution >= 0.6 is 11.8 Å². The highest BCUT2D eigenvalue weighted by Crippen LogP contribution is 2.01. The smallest absolute Gasteiger partial charge is 0.0811 e. The van der Waals surface area contributed by atoms with Crippen molar-refractivity contribution >= 4 is 11.8 Å². The quantitative estimate of drug-likeness (QED) is 0.426. The van der Waals surface area contributed by atoms with Crippen LogP contribution in [-0.4, -0.2) is 18.6 Å². The molecule has 0 aromatic carbocycles. The van der Waals surface area contributed by atoms with Gasteiger partial charge in [-0.1, -0.05) is 11.6 Å².